The number of carbonyl (C=O) groups excluding carboxylic acids is 1. The third-order valence-corrected chi connectivity index (χ3v) is 2.93. The molecule has 0 aliphatic rings. The molecule has 74 valence electrons. The van der Waals surface area contributed by atoms with Crippen molar-refractivity contribution in [3.63, 3.8) is 0 Å². The van der Waals surface area contributed by atoms with E-state index in [9.17, 15) is 9.59 Å². The quantitative estimate of drug-likeness (QED) is 0.374. The molecule has 0 bridgehead atoms. The van der Waals surface area contributed by atoms with Crippen LogP contribution in [0.25, 0.3) is 0 Å². The van der Waals surface area contributed by atoms with E-state index in [0.717, 1.165) is 24.3 Å². The maximum absolute atomic E-state index is 10.0. The molecule has 0 spiro atoms. The number of aldehydes is 1. The van der Waals surface area contributed by atoms with Gasteiger partial charge in [-0.25, -0.2) is 0 Å². The molecule has 0 aliphatic carbocycles. The van der Waals surface area contributed by atoms with Crippen LogP contribution in [0.1, 0.15) is 19.3 Å². The molecule has 0 aromatic heterocycles. The third-order valence-electron chi connectivity index (χ3n) is 1.02. The standard InChI is InChI=1S/C6H11AsO3.2H2O/c8-5-3-1-2-4-7-6(9)10;;/h5,7H,1-4H2,(H,9,10);2*1H2. The Kier molecular flexibility index (Phi) is 19.4. The van der Waals surface area contributed by atoms with Gasteiger partial charge in [0.15, 0.2) is 0 Å². The molecule has 0 radical (unpaired) electrons. The predicted molar refractivity (Wildman–Crippen MR) is 47.1 cm³/mol. The van der Waals surface area contributed by atoms with Crippen molar-refractivity contribution < 1.29 is 25.6 Å². The molecule has 0 saturated heterocycles. The molecule has 12 heavy (non-hydrogen) atoms. The Morgan fingerprint density at radius 2 is 1.92 bits per heavy atom. The normalized spacial score (nSPS) is 8.67. The molecule has 0 aliphatic heterocycles. The summed E-state index contributed by atoms with van der Waals surface area (Å²) in [5, 5.41) is 9.06. The van der Waals surface area contributed by atoms with Gasteiger partial charge in [-0.3, -0.25) is 0 Å². The summed E-state index contributed by atoms with van der Waals surface area (Å²) in [6.45, 7) is 0. The van der Waals surface area contributed by atoms with Crippen LogP contribution in [0, 0.1) is 0 Å². The molecule has 0 amide bonds. The fourth-order valence-corrected chi connectivity index (χ4v) is 1.89. The van der Waals surface area contributed by atoms with Gasteiger partial charge in [0.2, 0.25) is 0 Å². The van der Waals surface area contributed by atoms with Crippen molar-refractivity contribution in [2.24, 2.45) is 0 Å². The molecule has 0 rings (SSSR count). The molecule has 1 unspecified atom stereocenters. The zero-order valence-corrected chi connectivity index (χ0v) is 8.77. The Labute approximate surface area is 77.5 Å². The molecule has 0 aromatic rings. The minimum absolute atomic E-state index is 0. The third kappa shape index (κ3) is 16.3. The van der Waals surface area contributed by atoms with Crippen LogP contribution in [0.4, 0.5) is 4.79 Å². The zero-order valence-electron chi connectivity index (χ0n) is 6.67. The summed E-state index contributed by atoms with van der Waals surface area (Å²) in [5.74, 6) is 0. The molecule has 6 heteroatoms. The molecule has 5 nitrogen and oxygen atoms in total. The average molecular weight is 242 g/mol. The van der Waals surface area contributed by atoms with Crippen LogP contribution in [0.15, 0.2) is 0 Å². The van der Waals surface area contributed by atoms with Crippen LogP contribution in [0.5, 0.6) is 0 Å². The van der Waals surface area contributed by atoms with E-state index in [-0.39, 0.29) is 11.0 Å². The van der Waals surface area contributed by atoms with E-state index in [1.54, 1.807) is 0 Å². The van der Waals surface area contributed by atoms with Crippen LogP contribution >= 0.6 is 0 Å². The average Bonchev–Trinajstić information content (AvgIpc) is 1.87. The summed E-state index contributed by atoms with van der Waals surface area (Å²) < 4.78 is -0.633. The second kappa shape index (κ2) is 13.2. The Hall–Kier alpha value is -0.382. The monoisotopic (exact) mass is 242 g/mol. The van der Waals surface area contributed by atoms with Crippen LogP contribution in [0.3, 0.4) is 0 Å². The van der Waals surface area contributed by atoms with E-state index >= 15 is 0 Å². The van der Waals surface area contributed by atoms with Gasteiger partial charge < -0.3 is 11.0 Å². The summed E-state index contributed by atoms with van der Waals surface area (Å²) in [4.78, 5) is 19.8. The van der Waals surface area contributed by atoms with Gasteiger partial charge in [-0.15, -0.1) is 0 Å². The first-order chi connectivity index (χ1) is 4.77. The molecule has 0 heterocycles. The summed E-state index contributed by atoms with van der Waals surface area (Å²) in [5.41, 5.74) is 0. The first-order valence-electron chi connectivity index (χ1n) is 3.18. The van der Waals surface area contributed by atoms with Gasteiger partial charge in [0, 0.05) is 0 Å². The van der Waals surface area contributed by atoms with Crippen molar-refractivity contribution in [1.82, 2.24) is 0 Å². The molecule has 0 aromatic carbocycles. The van der Waals surface area contributed by atoms with E-state index in [4.69, 9.17) is 5.11 Å². The van der Waals surface area contributed by atoms with Crippen LogP contribution in [-0.2, 0) is 4.79 Å². The Morgan fingerprint density at radius 1 is 1.33 bits per heavy atom. The van der Waals surface area contributed by atoms with E-state index in [1.165, 1.54) is 0 Å². The molecular weight excluding hydrogens is 227 g/mol. The number of hydrogen-bond donors (Lipinski definition) is 1. The first kappa shape index (κ1) is 17.6. The van der Waals surface area contributed by atoms with Crippen molar-refractivity contribution in [3.05, 3.63) is 0 Å². The van der Waals surface area contributed by atoms with E-state index in [1.807, 2.05) is 0 Å². The van der Waals surface area contributed by atoms with E-state index in [0.29, 0.717) is 6.42 Å². The van der Waals surface area contributed by atoms with Crippen molar-refractivity contribution in [2.45, 2.75) is 24.5 Å². The van der Waals surface area contributed by atoms with Crippen LogP contribution in [0.2, 0.25) is 5.21 Å². The summed E-state index contributed by atoms with van der Waals surface area (Å²) in [6, 6.07) is 0. The van der Waals surface area contributed by atoms with Crippen molar-refractivity contribution in [1.29, 1.82) is 0 Å². The van der Waals surface area contributed by atoms with Crippen molar-refractivity contribution in [3.8, 4) is 0 Å². The van der Waals surface area contributed by atoms with Gasteiger partial charge in [-0.05, 0) is 0 Å². The second-order valence-electron chi connectivity index (χ2n) is 1.89. The SMILES string of the molecule is O.O.O=CCCCC[AsH]C(=O)O. The molecule has 5 N–H and O–H groups in total. The fraction of sp³-hybridized carbons (Fsp3) is 0.667. The number of carbonyl (C=O) groups is 2. The molecule has 0 fully saturated rings. The molecule has 0 saturated carbocycles. The number of unbranched alkanes of at least 4 members (excludes halogenated alkanes) is 2. The van der Waals surface area contributed by atoms with Gasteiger partial charge in [0.25, 0.3) is 0 Å². The van der Waals surface area contributed by atoms with E-state index in [2.05, 4.69) is 0 Å². The number of hydrogen-bond acceptors (Lipinski definition) is 2. The van der Waals surface area contributed by atoms with Gasteiger partial charge in [-0.2, -0.15) is 0 Å². The van der Waals surface area contributed by atoms with Crippen molar-refractivity contribution >= 4 is 26.8 Å². The van der Waals surface area contributed by atoms with Gasteiger partial charge in [0.1, 0.15) is 0 Å². The zero-order chi connectivity index (χ0) is 7.82. The topological polar surface area (TPSA) is 117 Å². The second-order valence-corrected chi connectivity index (χ2v) is 4.58. The van der Waals surface area contributed by atoms with E-state index < -0.39 is 20.5 Å². The summed E-state index contributed by atoms with van der Waals surface area (Å²) in [6.07, 6.45) is 3.19. The Morgan fingerprint density at radius 3 is 2.33 bits per heavy atom. The van der Waals surface area contributed by atoms with Crippen LogP contribution < -0.4 is 0 Å². The van der Waals surface area contributed by atoms with Crippen molar-refractivity contribution in [2.75, 3.05) is 0 Å². The number of rotatable bonds is 6. The van der Waals surface area contributed by atoms with Crippen LogP contribution in [-0.4, -0.2) is 42.9 Å². The number of carboxylic acid groups (broad SMARTS) is 1. The summed E-state index contributed by atoms with van der Waals surface area (Å²) >= 11 is -0.771. The minimum atomic E-state index is -0.771. The Balaban J connectivity index is -0.000000405. The summed E-state index contributed by atoms with van der Waals surface area (Å²) in [7, 11) is 0. The van der Waals surface area contributed by atoms with Gasteiger partial charge >= 0.3 is 66.0 Å². The molecular formula is C6H15AsO5. The Bertz CT molecular complexity index is 117. The van der Waals surface area contributed by atoms with Gasteiger partial charge in [0.05, 0.1) is 0 Å². The predicted octanol–water partition coefficient (Wildman–Crippen LogP) is -0.761. The van der Waals surface area contributed by atoms with Gasteiger partial charge in [-0.1, -0.05) is 0 Å². The maximum atomic E-state index is 10.0. The first-order valence-corrected chi connectivity index (χ1v) is 5.71. The molecule has 1 atom stereocenters. The fourth-order valence-electron chi connectivity index (χ4n) is 0.548.